The molecule has 0 unspecified atom stereocenters. The molecule has 0 spiro atoms. The number of aromatic nitrogens is 2. The van der Waals surface area contributed by atoms with Crippen LogP contribution in [0.15, 0.2) is 12.4 Å². The summed E-state index contributed by atoms with van der Waals surface area (Å²) in [4.78, 5) is 3.41. The third kappa shape index (κ3) is 1.80. The van der Waals surface area contributed by atoms with E-state index in [-0.39, 0.29) is 0 Å². The normalized spacial score (nSPS) is 15.7. The quantitative estimate of drug-likeness (QED) is 0.809. The molecule has 1 N–H and O–H groups in total. The smallest absolute Gasteiger partial charge is 0.373 e. The van der Waals surface area contributed by atoms with E-state index >= 15 is 0 Å². The summed E-state index contributed by atoms with van der Waals surface area (Å²) < 4.78 is 38.8. The molecule has 0 aliphatic carbocycles. The standard InChI is InChI=1S/C8H8F3N3O/c1-14-5-4-13-6(14)7(15,2-3-12)8(9,10)11/h4-5,15H,2H2,1H3/t7-/m1/s1. The molecule has 4 nitrogen and oxygen atoms in total. The Labute approximate surface area is 83.6 Å². The zero-order valence-electron chi connectivity index (χ0n) is 7.78. The SMILES string of the molecule is Cn1ccnc1[C@](O)(CC#N)C(F)(F)F. The second-order valence-electron chi connectivity index (χ2n) is 3.05. The molecule has 1 heterocycles. The number of alkyl halides is 3. The number of imidazole rings is 1. The highest BCUT2D eigenvalue weighted by Crippen LogP contribution is 2.40. The van der Waals surface area contributed by atoms with Gasteiger partial charge in [-0.15, -0.1) is 0 Å². The second kappa shape index (κ2) is 3.55. The van der Waals surface area contributed by atoms with Crippen LogP contribution in [0.4, 0.5) is 13.2 Å². The lowest BCUT2D eigenvalue weighted by Gasteiger charge is -2.27. The summed E-state index contributed by atoms with van der Waals surface area (Å²) in [5.74, 6) is -0.587. The van der Waals surface area contributed by atoms with Crippen LogP contribution in [0.5, 0.6) is 0 Å². The largest absolute Gasteiger partial charge is 0.425 e. The maximum Gasteiger partial charge on any atom is 0.425 e. The Morgan fingerprint density at radius 2 is 2.20 bits per heavy atom. The van der Waals surface area contributed by atoms with E-state index in [1.165, 1.54) is 19.3 Å². The highest BCUT2D eigenvalue weighted by Gasteiger charge is 2.57. The van der Waals surface area contributed by atoms with Gasteiger partial charge in [0.2, 0.25) is 5.60 Å². The van der Waals surface area contributed by atoms with Crippen LogP contribution in [0, 0.1) is 11.3 Å². The van der Waals surface area contributed by atoms with Gasteiger partial charge in [0.25, 0.3) is 0 Å². The van der Waals surface area contributed by atoms with Crippen molar-refractivity contribution in [1.29, 1.82) is 5.26 Å². The molecule has 1 aromatic rings. The Morgan fingerprint density at radius 3 is 2.53 bits per heavy atom. The molecule has 7 heteroatoms. The number of nitrogens with zero attached hydrogens (tertiary/aromatic N) is 3. The van der Waals surface area contributed by atoms with E-state index in [0.29, 0.717) is 0 Å². The fraction of sp³-hybridized carbons (Fsp3) is 0.500. The Balaban J connectivity index is 3.26. The van der Waals surface area contributed by atoms with Gasteiger partial charge in [-0.2, -0.15) is 18.4 Å². The molecule has 0 saturated carbocycles. The van der Waals surface area contributed by atoms with Crippen LogP contribution < -0.4 is 0 Å². The molecule has 1 aromatic heterocycles. The van der Waals surface area contributed by atoms with E-state index in [0.717, 1.165) is 10.8 Å². The van der Waals surface area contributed by atoms with Crippen molar-refractivity contribution in [2.45, 2.75) is 18.2 Å². The van der Waals surface area contributed by atoms with Crippen LogP contribution >= 0.6 is 0 Å². The summed E-state index contributed by atoms with van der Waals surface area (Å²) in [5, 5.41) is 17.8. The molecule has 0 radical (unpaired) electrons. The molecule has 0 fully saturated rings. The van der Waals surface area contributed by atoms with Gasteiger partial charge in [-0.1, -0.05) is 0 Å². The van der Waals surface area contributed by atoms with Gasteiger partial charge in [0.05, 0.1) is 12.5 Å². The van der Waals surface area contributed by atoms with Crippen LogP contribution in [0.25, 0.3) is 0 Å². The van der Waals surface area contributed by atoms with Gasteiger partial charge in [-0.3, -0.25) is 0 Å². The highest BCUT2D eigenvalue weighted by atomic mass is 19.4. The number of hydrogen-bond acceptors (Lipinski definition) is 3. The summed E-state index contributed by atoms with van der Waals surface area (Å²) in [7, 11) is 1.32. The molecular formula is C8H8F3N3O. The zero-order chi connectivity index (χ0) is 11.7. The van der Waals surface area contributed by atoms with E-state index in [2.05, 4.69) is 4.98 Å². The second-order valence-corrected chi connectivity index (χ2v) is 3.05. The van der Waals surface area contributed by atoms with Crippen molar-refractivity contribution in [2.24, 2.45) is 7.05 Å². The first-order valence-corrected chi connectivity index (χ1v) is 3.97. The van der Waals surface area contributed by atoms with Crippen LogP contribution in [0.3, 0.4) is 0 Å². The molecule has 0 saturated heterocycles. The van der Waals surface area contributed by atoms with Crippen LogP contribution in [0.2, 0.25) is 0 Å². The first-order chi connectivity index (χ1) is 6.83. The molecule has 15 heavy (non-hydrogen) atoms. The molecule has 0 aromatic carbocycles. The van der Waals surface area contributed by atoms with Crippen molar-refractivity contribution < 1.29 is 18.3 Å². The van der Waals surface area contributed by atoms with Crippen molar-refractivity contribution in [2.75, 3.05) is 0 Å². The summed E-state index contributed by atoms with van der Waals surface area (Å²) in [6.07, 6.45) is -3.62. The molecule has 1 atom stereocenters. The van der Waals surface area contributed by atoms with Gasteiger partial charge in [0, 0.05) is 19.4 Å². The number of rotatable bonds is 2. The first-order valence-electron chi connectivity index (χ1n) is 3.97. The van der Waals surface area contributed by atoms with Gasteiger partial charge in [0.1, 0.15) is 0 Å². The van der Waals surface area contributed by atoms with Crippen molar-refractivity contribution in [3.63, 3.8) is 0 Å². The lowest BCUT2D eigenvalue weighted by Crippen LogP contribution is -2.44. The average molecular weight is 219 g/mol. The molecule has 0 bridgehead atoms. The zero-order valence-corrected chi connectivity index (χ0v) is 7.78. The number of aryl methyl sites for hydroxylation is 1. The van der Waals surface area contributed by atoms with Crippen molar-refractivity contribution in [1.82, 2.24) is 9.55 Å². The van der Waals surface area contributed by atoms with Crippen molar-refractivity contribution >= 4 is 0 Å². The molecule has 0 aliphatic heterocycles. The van der Waals surface area contributed by atoms with Crippen LogP contribution in [-0.2, 0) is 12.6 Å². The molecule has 0 amide bonds. The van der Waals surface area contributed by atoms with Crippen molar-refractivity contribution in [3.8, 4) is 6.07 Å². The molecule has 82 valence electrons. The van der Waals surface area contributed by atoms with Crippen LogP contribution in [-0.4, -0.2) is 20.8 Å². The van der Waals surface area contributed by atoms with E-state index in [9.17, 15) is 18.3 Å². The summed E-state index contributed by atoms with van der Waals surface area (Å²) >= 11 is 0. The van der Waals surface area contributed by atoms with E-state index < -0.39 is 24.0 Å². The molecular weight excluding hydrogens is 211 g/mol. The lowest BCUT2D eigenvalue weighted by atomic mass is 9.99. The van der Waals surface area contributed by atoms with Gasteiger partial charge < -0.3 is 9.67 Å². The summed E-state index contributed by atoms with van der Waals surface area (Å²) in [6.45, 7) is 0. The average Bonchev–Trinajstić information content (AvgIpc) is 2.50. The van der Waals surface area contributed by atoms with Gasteiger partial charge in [-0.05, 0) is 0 Å². The minimum absolute atomic E-state index is 0.587. The van der Waals surface area contributed by atoms with E-state index in [4.69, 9.17) is 5.26 Å². The Kier molecular flexibility index (Phi) is 2.73. The fourth-order valence-electron chi connectivity index (χ4n) is 1.18. The van der Waals surface area contributed by atoms with Gasteiger partial charge in [-0.25, -0.2) is 4.98 Å². The van der Waals surface area contributed by atoms with E-state index in [1.807, 2.05) is 0 Å². The maximum atomic E-state index is 12.6. The number of halogens is 3. The predicted octanol–water partition coefficient (Wildman–Crippen LogP) is 1.08. The third-order valence-corrected chi connectivity index (χ3v) is 1.99. The number of aliphatic hydroxyl groups is 1. The lowest BCUT2D eigenvalue weighted by molar-refractivity contribution is -0.268. The minimum Gasteiger partial charge on any atom is -0.373 e. The predicted molar refractivity (Wildman–Crippen MR) is 43.4 cm³/mol. The van der Waals surface area contributed by atoms with Crippen LogP contribution in [0.1, 0.15) is 12.2 Å². The third-order valence-electron chi connectivity index (χ3n) is 1.99. The number of hydrogen-bond donors (Lipinski definition) is 1. The Morgan fingerprint density at radius 1 is 1.60 bits per heavy atom. The number of nitriles is 1. The van der Waals surface area contributed by atoms with Crippen molar-refractivity contribution in [3.05, 3.63) is 18.2 Å². The minimum atomic E-state index is -4.93. The maximum absolute atomic E-state index is 12.6. The first kappa shape index (κ1) is 11.5. The highest BCUT2D eigenvalue weighted by molar-refractivity contribution is 5.11. The van der Waals surface area contributed by atoms with Gasteiger partial charge >= 0.3 is 6.18 Å². The molecule has 0 aliphatic rings. The fourth-order valence-corrected chi connectivity index (χ4v) is 1.18. The molecule has 1 rings (SSSR count). The monoisotopic (exact) mass is 219 g/mol. The summed E-state index contributed by atoms with van der Waals surface area (Å²) in [5.41, 5.74) is -3.21. The topological polar surface area (TPSA) is 61.8 Å². The van der Waals surface area contributed by atoms with Gasteiger partial charge in [0.15, 0.2) is 5.82 Å². The summed E-state index contributed by atoms with van der Waals surface area (Å²) in [6, 6.07) is 1.31. The Bertz CT molecular complexity index is 393. The van der Waals surface area contributed by atoms with E-state index in [1.54, 1.807) is 0 Å². The Hall–Kier alpha value is -1.55.